The molecule has 0 bridgehead atoms. The third-order valence-electron chi connectivity index (χ3n) is 1.65. The van der Waals surface area contributed by atoms with E-state index in [4.69, 9.17) is 18.0 Å². The third-order valence-corrected chi connectivity index (χ3v) is 2.10. The molecule has 0 amide bonds. The minimum Gasteiger partial charge on any atom is -0.389 e. The fraction of sp³-hybridized carbons (Fsp3) is 0.182. The Morgan fingerprint density at radius 2 is 2.14 bits per heavy atom. The number of rotatable bonds is 2. The van der Waals surface area contributed by atoms with Crippen LogP contribution in [0.3, 0.4) is 0 Å². The van der Waals surface area contributed by atoms with Gasteiger partial charge >= 0.3 is 0 Å². The summed E-state index contributed by atoms with van der Waals surface area (Å²) in [4.78, 5) is 0.390. The second-order valence-electron chi connectivity index (χ2n) is 2.69. The molecular weight excluding hydrogens is 210 g/mol. The molecule has 2 N–H and O–H groups in total. The molecule has 0 saturated heterocycles. The molecule has 14 heavy (non-hydrogen) atoms. The number of thiocarbonyl (C=S) groups is 1. The maximum atomic E-state index is 5.57. The largest absolute Gasteiger partial charge is 0.389 e. The molecule has 0 heterocycles. The molecule has 0 aliphatic heterocycles. The van der Waals surface area contributed by atoms with Gasteiger partial charge in [-0.3, -0.25) is 0 Å². The van der Waals surface area contributed by atoms with Crippen LogP contribution in [-0.4, -0.2) is 10.7 Å². The Kier molecular flexibility index (Phi) is 4.51. The molecule has 0 atom stereocenters. The summed E-state index contributed by atoms with van der Waals surface area (Å²) in [5.74, 6) is 6.80. The highest BCUT2D eigenvalue weighted by molar-refractivity contribution is 7.80. The van der Waals surface area contributed by atoms with Gasteiger partial charge in [-0.15, -0.1) is 0 Å². The zero-order valence-corrected chi connectivity index (χ0v) is 9.37. The minimum absolute atomic E-state index is 0.390. The second kappa shape index (κ2) is 5.69. The van der Waals surface area contributed by atoms with Crippen LogP contribution in [0.4, 0.5) is 0 Å². The maximum Gasteiger partial charge on any atom is 0.105 e. The number of hydrogen-bond donors (Lipinski definition) is 2. The van der Waals surface area contributed by atoms with Gasteiger partial charge in [0.2, 0.25) is 0 Å². The molecule has 3 heteroatoms. The fourth-order valence-corrected chi connectivity index (χ4v) is 1.31. The number of benzene rings is 1. The van der Waals surface area contributed by atoms with Crippen molar-refractivity contribution >= 4 is 29.8 Å². The van der Waals surface area contributed by atoms with Gasteiger partial charge < -0.3 is 5.73 Å². The zero-order chi connectivity index (χ0) is 10.4. The van der Waals surface area contributed by atoms with Crippen LogP contribution in [0.15, 0.2) is 24.3 Å². The van der Waals surface area contributed by atoms with E-state index in [0.717, 1.165) is 23.3 Å². The molecule has 1 rings (SSSR count). The second-order valence-corrected chi connectivity index (χ2v) is 3.57. The number of hydrogen-bond acceptors (Lipinski definition) is 2. The lowest BCUT2D eigenvalue weighted by Gasteiger charge is -2.00. The molecule has 0 aromatic heterocycles. The summed E-state index contributed by atoms with van der Waals surface area (Å²) in [5.41, 5.74) is 7.30. The number of thiol groups is 1. The molecule has 0 fully saturated rings. The van der Waals surface area contributed by atoms with Crippen molar-refractivity contribution in [1.29, 1.82) is 0 Å². The standard InChI is InChI=1S/C11H11NS2/c12-11(14)10-7-2-1-5-9(10)6-3-4-8-13/h1-2,5,7,13H,4,8H2,(H2,12,14). The van der Waals surface area contributed by atoms with Gasteiger partial charge in [-0.25, -0.2) is 0 Å². The lowest BCUT2D eigenvalue weighted by molar-refractivity contribution is 1.31. The lowest BCUT2D eigenvalue weighted by Crippen LogP contribution is -2.10. The van der Waals surface area contributed by atoms with Crippen molar-refractivity contribution in [3.05, 3.63) is 35.4 Å². The molecule has 0 unspecified atom stereocenters. The monoisotopic (exact) mass is 221 g/mol. The van der Waals surface area contributed by atoms with E-state index in [1.165, 1.54) is 0 Å². The predicted octanol–water partition coefficient (Wildman–Crippen LogP) is 1.99. The summed E-state index contributed by atoms with van der Waals surface area (Å²) in [6.45, 7) is 0. The lowest BCUT2D eigenvalue weighted by atomic mass is 10.1. The van der Waals surface area contributed by atoms with E-state index in [0.29, 0.717) is 4.99 Å². The smallest absolute Gasteiger partial charge is 0.105 e. The zero-order valence-electron chi connectivity index (χ0n) is 7.66. The summed E-state index contributed by atoms with van der Waals surface area (Å²) in [7, 11) is 0. The Morgan fingerprint density at radius 1 is 1.43 bits per heavy atom. The Bertz CT molecular complexity index is 388. The summed E-state index contributed by atoms with van der Waals surface area (Å²) in [5, 5.41) is 0. The Balaban J connectivity index is 2.97. The van der Waals surface area contributed by atoms with Gasteiger partial charge in [0.1, 0.15) is 4.99 Å². The van der Waals surface area contributed by atoms with Gasteiger partial charge in [-0.05, 0) is 6.07 Å². The number of nitrogens with two attached hydrogens (primary N) is 1. The first-order chi connectivity index (χ1) is 6.75. The quantitative estimate of drug-likeness (QED) is 0.454. The maximum absolute atomic E-state index is 5.57. The topological polar surface area (TPSA) is 26.0 Å². The molecule has 0 aliphatic rings. The molecule has 0 aliphatic carbocycles. The Labute approximate surface area is 95.1 Å². The molecule has 1 aromatic rings. The highest BCUT2D eigenvalue weighted by atomic mass is 32.1. The first-order valence-electron chi connectivity index (χ1n) is 4.24. The predicted molar refractivity (Wildman–Crippen MR) is 67.7 cm³/mol. The van der Waals surface area contributed by atoms with Crippen LogP contribution in [0.2, 0.25) is 0 Å². The molecular formula is C11H11NS2. The van der Waals surface area contributed by atoms with Gasteiger partial charge in [0.05, 0.1) is 0 Å². The van der Waals surface area contributed by atoms with Crippen molar-refractivity contribution in [2.24, 2.45) is 5.73 Å². The summed E-state index contributed by atoms with van der Waals surface area (Å²) < 4.78 is 0. The average Bonchev–Trinajstić information content (AvgIpc) is 2.19. The van der Waals surface area contributed by atoms with Crippen molar-refractivity contribution in [3.63, 3.8) is 0 Å². The molecule has 72 valence electrons. The third kappa shape index (κ3) is 3.06. The van der Waals surface area contributed by atoms with E-state index in [2.05, 4.69) is 24.5 Å². The van der Waals surface area contributed by atoms with E-state index < -0.39 is 0 Å². The highest BCUT2D eigenvalue weighted by Gasteiger charge is 2.00. The van der Waals surface area contributed by atoms with Gasteiger partial charge in [-0.1, -0.05) is 42.3 Å². The van der Waals surface area contributed by atoms with Crippen molar-refractivity contribution in [2.45, 2.75) is 6.42 Å². The molecule has 0 saturated carbocycles. The Morgan fingerprint density at radius 3 is 2.79 bits per heavy atom. The van der Waals surface area contributed by atoms with E-state index in [-0.39, 0.29) is 0 Å². The molecule has 1 aromatic carbocycles. The van der Waals surface area contributed by atoms with Crippen LogP contribution >= 0.6 is 24.8 Å². The van der Waals surface area contributed by atoms with E-state index in [1.54, 1.807) is 0 Å². The summed E-state index contributed by atoms with van der Waals surface area (Å²) in [6, 6.07) is 7.62. The highest BCUT2D eigenvalue weighted by Crippen LogP contribution is 2.06. The van der Waals surface area contributed by atoms with E-state index in [9.17, 15) is 0 Å². The van der Waals surface area contributed by atoms with Crippen molar-refractivity contribution in [2.75, 3.05) is 5.75 Å². The first-order valence-corrected chi connectivity index (χ1v) is 5.28. The van der Waals surface area contributed by atoms with E-state index >= 15 is 0 Å². The van der Waals surface area contributed by atoms with Crippen molar-refractivity contribution < 1.29 is 0 Å². The summed E-state index contributed by atoms with van der Waals surface area (Å²) >= 11 is 9.00. The van der Waals surface area contributed by atoms with Crippen LogP contribution in [0.25, 0.3) is 0 Å². The molecule has 0 spiro atoms. The first kappa shape index (κ1) is 11.1. The van der Waals surface area contributed by atoms with Crippen molar-refractivity contribution in [3.8, 4) is 11.8 Å². The van der Waals surface area contributed by atoms with Gasteiger partial charge in [0.15, 0.2) is 0 Å². The fourth-order valence-electron chi connectivity index (χ4n) is 1.02. The summed E-state index contributed by atoms with van der Waals surface area (Å²) in [6.07, 6.45) is 0.773. The normalized spacial score (nSPS) is 8.93. The van der Waals surface area contributed by atoms with Gasteiger partial charge in [0, 0.05) is 23.3 Å². The SMILES string of the molecule is NC(=S)c1ccccc1C#CCCS. The van der Waals surface area contributed by atoms with Crippen molar-refractivity contribution in [1.82, 2.24) is 0 Å². The molecule has 0 radical (unpaired) electrons. The van der Waals surface area contributed by atoms with Crippen LogP contribution in [0.5, 0.6) is 0 Å². The molecule has 1 nitrogen and oxygen atoms in total. The van der Waals surface area contributed by atoms with Gasteiger partial charge in [0.25, 0.3) is 0 Å². The average molecular weight is 221 g/mol. The van der Waals surface area contributed by atoms with Gasteiger partial charge in [-0.2, -0.15) is 12.6 Å². The van der Waals surface area contributed by atoms with Crippen LogP contribution < -0.4 is 5.73 Å². The van der Waals surface area contributed by atoms with Crippen LogP contribution in [0, 0.1) is 11.8 Å². The minimum atomic E-state index is 0.390. The van der Waals surface area contributed by atoms with E-state index in [1.807, 2.05) is 24.3 Å². The van der Waals surface area contributed by atoms with Crippen LogP contribution in [-0.2, 0) is 0 Å². The van der Waals surface area contributed by atoms with Crippen LogP contribution in [0.1, 0.15) is 17.5 Å². The Hall–Kier alpha value is -0.980.